The fourth-order valence-electron chi connectivity index (χ4n) is 0.690. The third-order valence-corrected chi connectivity index (χ3v) is 1.74. The zero-order chi connectivity index (χ0) is 16.4. The van der Waals surface area contributed by atoms with Gasteiger partial charge in [0.1, 0.15) is 0 Å². The normalized spacial score (nSPS) is 26.1. The van der Waals surface area contributed by atoms with Crippen LogP contribution >= 0.6 is 11.6 Å². The van der Waals surface area contributed by atoms with Crippen molar-refractivity contribution in [3.8, 4) is 0 Å². The second-order valence-electron chi connectivity index (χ2n) is 3.33. The highest BCUT2D eigenvalue weighted by Gasteiger charge is 2.81. The predicted octanol–water partition coefficient (Wildman–Crippen LogP) is 3.53. The molecule has 0 spiro atoms. The number of alkyl halides is 7. The van der Waals surface area contributed by atoms with Crippen molar-refractivity contribution in [1.29, 1.82) is 0 Å². The van der Waals surface area contributed by atoms with Gasteiger partial charge in [-0.15, -0.1) is 11.6 Å². The summed E-state index contributed by atoms with van der Waals surface area (Å²) in [5, 5.41) is 7.92. The molecule has 0 aromatic carbocycles. The Labute approximate surface area is 111 Å². The molecule has 1 rings (SSSR count). The number of rotatable bonds is 1. The standard InChI is InChI=1S/C5F8O2.C3H7ClO/c6-1(7)2-14-3(8,4(9,10)11)5(12,13)15-2;1-3(4)2-5/h;3,5H,2H2,1H3. The molecule has 0 saturated carbocycles. The van der Waals surface area contributed by atoms with Crippen LogP contribution in [0, 0.1) is 0 Å². The predicted molar refractivity (Wildman–Crippen MR) is 48.7 cm³/mol. The Balaban J connectivity index is 0.000000621. The van der Waals surface area contributed by atoms with E-state index in [4.69, 9.17) is 16.7 Å². The summed E-state index contributed by atoms with van der Waals surface area (Å²) in [6.45, 7) is 1.81. The summed E-state index contributed by atoms with van der Waals surface area (Å²) in [5.74, 6) is -8.10. The quantitative estimate of drug-likeness (QED) is 0.587. The van der Waals surface area contributed by atoms with Gasteiger partial charge in [-0.2, -0.15) is 35.1 Å². The monoisotopic (exact) mass is 338 g/mol. The van der Waals surface area contributed by atoms with Crippen molar-refractivity contribution in [2.75, 3.05) is 6.61 Å². The van der Waals surface area contributed by atoms with Crippen LogP contribution in [0.3, 0.4) is 0 Å². The molecule has 1 aliphatic rings. The number of hydrogen-bond acceptors (Lipinski definition) is 3. The van der Waals surface area contributed by atoms with Gasteiger partial charge in [-0.25, -0.2) is 0 Å². The molecule has 1 saturated heterocycles. The van der Waals surface area contributed by atoms with E-state index in [1.165, 1.54) is 0 Å². The molecule has 0 aromatic rings. The molecule has 2 atom stereocenters. The lowest BCUT2D eigenvalue weighted by Crippen LogP contribution is -2.53. The maximum absolute atomic E-state index is 12.6. The van der Waals surface area contributed by atoms with Crippen molar-refractivity contribution in [3.63, 3.8) is 0 Å². The first-order valence-electron chi connectivity index (χ1n) is 4.60. The van der Waals surface area contributed by atoms with E-state index >= 15 is 0 Å². The number of halogens is 9. The molecule has 1 aliphatic heterocycles. The van der Waals surface area contributed by atoms with Gasteiger partial charge in [0.05, 0.1) is 12.0 Å². The zero-order valence-electron chi connectivity index (χ0n) is 9.45. The molecule has 3 nitrogen and oxygen atoms in total. The summed E-state index contributed by atoms with van der Waals surface area (Å²) in [4.78, 5) is 0. The molecular formula is C8H7ClF8O3. The van der Waals surface area contributed by atoms with Crippen molar-refractivity contribution >= 4 is 11.6 Å². The smallest absolute Gasteiger partial charge is 0.407 e. The minimum Gasteiger partial charge on any atom is -0.407 e. The van der Waals surface area contributed by atoms with Gasteiger partial charge in [0.15, 0.2) is 0 Å². The Bertz CT molecular complexity index is 365. The average Bonchev–Trinajstić information content (AvgIpc) is 2.51. The molecule has 120 valence electrons. The zero-order valence-corrected chi connectivity index (χ0v) is 10.2. The van der Waals surface area contributed by atoms with Crippen molar-refractivity contribution in [2.24, 2.45) is 0 Å². The third kappa shape index (κ3) is 4.01. The molecule has 1 heterocycles. The Kier molecular flexibility index (Phi) is 5.90. The second kappa shape index (κ2) is 6.20. The molecule has 0 aliphatic carbocycles. The fraction of sp³-hybridized carbons (Fsp3) is 0.750. The van der Waals surface area contributed by atoms with Gasteiger partial charge in [0, 0.05) is 0 Å². The van der Waals surface area contributed by atoms with E-state index in [2.05, 4.69) is 9.47 Å². The molecule has 12 heteroatoms. The summed E-state index contributed by atoms with van der Waals surface area (Å²) in [6, 6.07) is 0. The molecule has 0 aromatic heterocycles. The molecule has 20 heavy (non-hydrogen) atoms. The molecule has 0 amide bonds. The lowest BCUT2D eigenvalue weighted by molar-refractivity contribution is -0.393. The molecule has 0 radical (unpaired) electrons. The van der Waals surface area contributed by atoms with Gasteiger partial charge in [0.25, 0.3) is 0 Å². The number of aliphatic hydroxyl groups excluding tert-OH is 1. The highest BCUT2D eigenvalue weighted by Crippen LogP contribution is 2.53. The molecule has 2 unspecified atom stereocenters. The van der Waals surface area contributed by atoms with Gasteiger partial charge in [0.2, 0.25) is 0 Å². The Morgan fingerprint density at radius 2 is 1.65 bits per heavy atom. The largest absolute Gasteiger partial charge is 0.483 e. The van der Waals surface area contributed by atoms with Crippen LogP contribution in [0.5, 0.6) is 0 Å². The summed E-state index contributed by atoms with van der Waals surface area (Å²) < 4.78 is 101. The molecule has 1 fully saturated rings. The van der Waals surface area contributed by atoms with E-state index in [0.29, 0.717) is 0 Å². The van der Waals surface area contributed by atoms with Crippen molar-refractivity contribution in [2.45, 2.75) is 30.4 Å². The Morgan fingerprint density at radius 3 is 1.80 bits per heavy atom. The maximum atomic E-state index is 12.6. The van der Waals surface area contributed by atoms with E-state index in [0.717, 1.165) is 0 Å². The Hall–Kier alpha value is -0.970. The van der Waals surface area contributed by atoms with Crippen LogP contribution < -0.4 is 0 Å². The van der Waals surface area contributed by atoms with Crippen LogP contribution in [0.15, 0.2) is 12.0 Å². The highest BCUT2D eigenvalue weighted by atomic mass is 35.5. The average molecular weight is 339 g/mol. The summed E-state index contributed by atoms with van der Waals surface area (Å²) in [7, 11) is 0. The van der Waals surface area contributed by atoms with Crippen molar-refractivity contribution in [1.82, 2.24) is 0 Å². The van der Waals surface area contributed by atoms with E-state index in [-0.39, 0.29) is 12.0 Å². The molecule has 1 N–H and O–H groups in total. The summed E-state index contributed by atoms with van der Waals surface area (Å²) in [5.41, 5.74) is 0. The molecular weight excluding hydrogens is 332 g/mol. The number of aliphatic hydroxyl groups is 1. The fourth-order valence-corrected chi connectivity index (χ4v) is 0.690. The third-order valence-electron chi connectivity index (χ3n) is 1.60. The van der Waals surface area contributed by atoms with Crippen LogP contribution in [0.4, 0.5) is 35.1 Å². The molecule has 0 bridgehead atoms. The number of ether oxygens (including phenoxy) is 2. The number of hydrogen-bond donors (Lipinski definition) is 1. The van der Waals surface area contributed by atoms with Gasteiger partial charge in [-0.05, 0) is 6.92 Å². The van der Waals surface area contributed by atoms with Gasteiger partial charge >= 0.3 is 30.2 Å². The van der Waals surface area contributed by atoms with Crippen LogP contribution in [0.25, 0.3) is 0 Å². The highest BCUT2D eigenvalue weighted by molar-refractivity contribution is 6.20. The van der Waals surface area contributed by atoms with Crippen LogP contribution in [-0.4, -0.2) is 35.2 Å². The van der Waals surface area contributed by atoms with Crippen LogP contribution in [0.1, 0.15) is 6.92 Å². The van der Waals surface area contributed by atoms with E-state index in [1.54, 1.807) is 6.92 Å². The topological polar surface area (TPSA) is 38.7 Å². The first kappa shape index (κ1) is 19.0. The van der Waals surface area contributed by atoms with Gasteiger partial charge in [-0.1, -0.05) is 0 Å². The van der Waals surface area contributed by atoms with Gasteiger partial charge < -0.3 is 14.6 Å². The minimum absolute atomic E-state index is 0.0710. The SMILES string of the molecule is CC(Cl)CO.FC(F)=C1OC(F)(F)C(F)(C(F)(F)F)O1. The van der Waals surface area contributed by atoms with Gasteiger partial charge in [-0.3, -0.25) is 0 Å². The first-order chi connectivity index (χ1) is 8.78. The second-order valence-corrected chi connectivity index (χ2v) is 4.07. The van der Waals surface area contributed by atoms with Crippen LogP contribution in [-0.2, 0) is 9.47 Å². The lowest BCUT2D eigenvalue weighted by Gasteiger charge is -2.23. The lowest BCUT2D eigenvalue weighted by atomic mass is 10.3. The maximum Gasteiger partial charge on any atom is 0.483 e. The van der Waals surface area contributed by atoms with E-state index < -0.39 is 30.2 Å². The van der Waals surface area contributed by atoms with E-state index in [9.17, 15) is 35.1 Å². The van der Waals surface area contributed by atoms with Crippen molar-refractivity contribution in [3.05, 3.63) is 12.0 Å². The first-order valence-corrected chi connectivity index (χ1v) is 5.03. The Morgan fingerprint density at radius 1 is 1.25 bits per heavy atom. The van der Waals surface area contributed by atoms with Crippen LogP contribution in [0.2, 0.25) is 0 Å². The summed E-state index contributed by atoms with van der Waals surface area (Å²) >= 11 is 5.21. The van der Waals surface area contributed by atoms with Crippen molar-refractivity contribution < 1.29 is 49.7 Å². The minimum atomic E-state index is -6.21. The summed E-state index contributed by atoms with van der Waals surface area (Å²) in [6.07, 6.45) is -14.9. The van der Waals surface area contributed by atoms with E-state index in [1.807, 2.05) is 0 Å².